The number of aliphatic carboxylic acids is 1. The topological polar surface area (TPSA) is 94.5 Å². The van der Waals surface area contributed by atoms with Crippen molar-refractivity contribution < 1.29 is 46.8 Å². The van der Waals surface area contributed by atoms with E-state index in [4.69, 9.17) is 42.1 Å². The van der Waals surface area contributed by atoms with E-state index < -0.39 is 35.7 Å². The van der Waals surface area contributed by atoms with Gasteiger partial charge in [0.2, 0.25) is 0 Å². The second-order valence-corrected chi connectivity index (χ2v) is 10.0. The molecule has 3 aromatic carbocycles. The Kier molecular flexibility index (Phi) is 12.8. The highest BCUT2D eigenvalue weighted by atomic mass is 35.5. The number of halogens is 5. The van der Waals surface area contributed by atoms with E-state index in [2.05, 4.69) is 0 Å². The molecule has 0 aliphatic carbocycles. The Balaban J connectivity index is 1.63. The monoisotopic (exact) mass is 643 g/mol. The van der Waals surface area contributed by atoms with Crippen LogP contribution in [0.25, 0.3) is 0 Å². The first-order valence-corrected chi connectivity index (χ1v) is 14.0. The van der Waals surface area contributed by atoms with Crippen LogP contribution in [0.5, 0.6) is 17.2 Å². The molecule has 0 saturated heterocycles. The van der Waals surface area contributed by atoms with E-state index in [-0.39, 0.29) is 39.3 Å². The molecular weight excluding hydrogens is 614 g/mol. The Morgan fingerprint density at radius 2 is 1.56 bits per heavy atom. The summed E-state index contributed by atoms with van der Waals surface area (Å²) >= 11 is 12.0. The maximum Gasteiger partial charge on any atom is 0.419 e. The number of carbonyl (C=O) groups is 2. The third kappa shape index (κ3) is 11.2. The molecule has 0 aromatic heterocycles. The third-order valence-corrected chi connectivity index (χ3v) is 6.38. The summed E-state index contributed by atoms with van der Waals surface area (Å²) in [5.41, 5.74) is -0.349. The number of para-hydroxylation sites is 1. The van der Waals surface area contributed by atoms with Crippen LogP contribution < -0.4 is 14.2 Å². The lowest BCUT2D eigenvalue weighted by atomic mass is 10.1. The summed E-state index contributed by atoms with van der Waals surface area (Å²) in [5.74, 6) is -0.802. The number of carbonyl (C=O) groups excluding carboxylic acids is 1. The minimum absolute atomic E-state index is 0.00316. The van der Waals surface area contributed by atoms with E-state index >= 15 is 0 Å². The van der Waals surface area contributed by atoms with Crippen molar-refractivity contribution in [2.24, 2.45) is 0 Å². The quantitative estimate of drug-likeness (QED) is 0.173. The number of nitrogens with zero attached hydrogens (tertiary/aromatic N) is 1. The number of benzene rings is 3. The molecule has 13 heteroatoms. The number of hydrogen-bond donors (Lipinski definition) is 1. The molecule has 3 aromatic rings. The Hall–Kier alpha value is -3.67. The molecule has 1 atom stereocenters. The SMILES string of the molecule is CCOC(Cc1ccc(OCCN(CCCOc2cc(Cl)cc(Cl)c2)C(=O)Oc2ccccc2C(F)(F)F)cc1)C(=O)O. The first-order chi connectivity index (χ1) is 20.5. The fourth-order valence-corrected chi connectivity index (χ4v) is 4.43. The highest BCUT2D eigenvalue weighted by Gasteiger charge is 2.35. The number of rotatable bonds is 15. The second-order valence-electron chi connectivity index (χ2n) is 9.13. The largest absolute Gasteiger partial charge is 0.493 e. The molecule has 0 fully saturated rings. The van der Waals surface area contributed by atoms with Crippen LogP contribution >= 0.6 is 23.2 Å². The molecule has 232 valence electrons. The fraction of sp³-hybridized carbons (Fsp3) is 0.333. The fourth-order valence-electron chi connectivity index (χ4n) is 3.93. The summed E-state index contributed by atoms with van der Waals surface area (Å²) < 4.78 is 62.1. The molecular formula is C30H30Cl2F3NO7. The van der Waals surface area contributed by atoms with Gasteiger partial charge in [-0.25, -0.2) is 9.59 Å². The van der Waals surface area contributed by atoms with Crippen molar-refractivity contribution in [3.63, 3.8) is 0 Å². The molecule has 3 rings (SSSR count). The molecule has 0 spiro atoms. The Morgan fingerprint density at radius 3 is 2.19 bits per heavy atom. The van der Waals surface area contributed by atoms with Gasteiger partial charge in [-0.15, -0.1) is 0 Å². The summed E-state index contributed by atoms with van der Waals surface area (Å²) in [7, 11) is 0. The predicted octanol–water partition coefficient (Wildman–Crippen LogP) is 7.39. The molecule has 1 unspecified atom stereocenters. The van der Waals surface area contributed by atoms with Crippen LogP contribution in [-0.2, 0) is 22.1 Å². The lowest BCUT2D eigenvalue weighted by Crippen LogP contribution is -2.38. The van der Waals surface area contributed by atoms with Gasteiger partial charge in [-0.1, -0.05) is 47.5 Å². The lowest BCUT2D eigenvalue weighted by molar-refractivity contribution is -0.150. The summed E-state index contributed by atoms with van der Waals surface area (Å²) in [6.07, 6.45) is -6.20. The maximum atomic E-state index is 13.4. The van der Waals surface area contributed by atoms with E-state index in [1.54, 1.807) is 49.4 Å². The molecule has 0 saturated carbocycles. The molecule has 1 N–H and O–H groups in total. The summed E-state index contributed by atoms with van der Waals surface area (Å²) in [5, 5.41) is 10.0. The minimum Gasteiger partial charge on any atom is -0.493 e. The van der Waals surface area contributed by atoms with Gasteiger partial charge in [0.05, 0.1) is 18.7 Å². The van der Waals surface area contributed by atoms with Gasteiger partial charge < -0.3 is 29.0 Å². The van der Waals surface area contributed by atoms with Crippen LogP contribution in [0.15, 0.2) is 66.7 Å². The third-order valence-electron chi connectivity index (χ3n) is 5.94. The van der Waals surface area contributed by atoms with Gasteiger partial charge in [0.1, 0.15) is 23.9 Å². The molecule has 0 aliphatic heterocycles. The molecule has 0 radical (unpaired) electrons. The number of ether oxygens (including phenoxy) is 4. The minimum atomic E-state index is -4.71. The zero-order chi connectivity index (χ0) is 31.4. The van der Waals surface area contributed by atoms with Crippen molar-refractivity contribution in [2.75, 3.05) is 32.9 Å². The number of hydrogen-bond acceptors (Lipinski definition) is 6. The van der Waals surface area contributed by atoms with Gasteiger partial charge >= 0.3 is 18.2 Å². The van der Waals surface area contributed by atoms with Gasteiger partial charge in [0, 0.05) is 29.6 Å². The van der Waals surface area contributed by atoms with Gasteiger partial charge in [0.25, 0.3) is 0 Å². The smallest absolute Gasteiger partial charge is 0.419 e. The standard InChI is InChI=1S/C30H30Cl2F3NO7/c1-2-40-27(28(37)38)16-20-8-10-23(11-9-20)42-15-13-36(12-5-14-41-24-18-21(31)17-22(32)19-24)29(39)43-26-7-4-3-6-25(26)30(33,34)35/h3-4,6-11,17-19,27H,2,5,12-16H2,1H3,(H,37,38). The molecule has 43 heavy (non-hydrogen) atoms. The summed E-state index contributed by atoms with van der Waals surface area (Å²) in [4.78, 5) is 25.5. The van der Waals surface area contributed by atoms with Crippen molar-refractivity contribution in [1.82, 2.24) is 4.90 Å². The van der Waals surface area contributed by atoms with E-state index in [0.29, 0.717) is 28.0 Å². The average molecular weight is 644 g/mol. The van der Waals surface area contributed by atoms with Crippen LogP contribution in [-0.4, -0.2) is 61.1 Å². The van der Waals surface area contributed by atoms with Crippen molar-refractivity contribution in [3.05, 3.63) is 87.9 Å². The predicted molar refractivity (Wildman–Crippen MR) is 154 cm³/mol. The number of carboxylic acids is 1. The van der Waals surface area contributed by atoms with E-state index in [9.17, 15) is 27.9 Å². The number of alkyl halides is 3. The Morgan fingerprint density at radius 1 is 0.907 bits per heavy atom. The number of carboxylic acid groups (broad SMARTS) is 1. The molecule has 0 aliphatic rings. The van der Waals surface area contributed by atoms with Crippen molar-refractivity contribution >= 4 is 35.3 Å². The van der Waals surface area contributed by atoms with Gasteiger partial charge in [-0.3, -0.25) is 0 Å². The maximum absolute atomic E-state index is 13.4. The van der Waals surface area contributed by atoms with E-state index in [1.807, 2.05) is 0 Å². The molecule has 0 heterocycles. The highest BCUT2D eigenvalue weighted by Crippen LogP contribution is 2.36. The average Bonchev–Trinajstić information content (AvgIpc) is 2.94. The van der Waals surface area contributed by atoms with E-state index in [1.165, 1.54) is 17.0 Å². The summed E-state index contributed by atoms with van der Waals surface area (Å²) in [6, 6.07) is 15.8. The zero-order valence-corrected chi connectivity index (χ0v) is 24.6. The normalized spacial score (nSPS) is 12.0. The van der Waals surface area contributed by atoms with Crippen LogP contribution in [0.2, 0.25) is 10.0 Å². The first-order valence-electron chi connectivity index (χ1n) is 13.2. The van der Waals surface area contributed by atoms with Crippen LogP contribution in [0.4, 0.5) is 18.0 Å². The molecule has 0 bridgehead atoms. The Bertz CT molecular complexity index is 1340. The zero-order valence-electron chi connectivity index (χ0n) is 23.1. The first kappa shape index (κ1) is 33.8. The second kappa shape index (κ2) is 16.3. The lowest BCUT2D eigenvalue weighted by Gasteiger charge is -2.23. The van der Waals surface area contributed by atoms with Gasteiger partial charge in [-0.05, 0) is 61.4 Å². The van der Waals surface area contributed by atoms with E-state index in [0.717, 1.165) is 17.7 Å². The Labute approximate surface area is 256 Å². The highest BCUT2D eigenvalue weighted by molar-refractivity contribution is 6.34. The van der Waals surface area contributed by atoms with Crippen molar-refractivity contribution in [1.29, 1.82) is 0 Å². The number of amides is 1. The van der Waals surface area contributed by atoms with Gasteiger partial charge in [-0.2, -0.15) is 13.2 Å². The molecule has 8 nitrogen and oxygen atoms in total. The van der Waals surface area contributed by atoms with Crippen LogP contribution in [0.1, 0.15) is 24.5 Å². The molecule has 1 amide bonds. The van der Waals surface area contributed by atoms with Crippen molar-refractivity contribution in [2.45, 2.75) is 32.0 Å². The van der Waals surface area contributed by atoms with Crippen LogP contribution in [0, 0.1) is 0 Å². The van der Waals surface area contributed by atoms with Gasteiger partial charge in [0.15, 0.2) is 6.10 Å². The summed E-state index contributed by atoms with van der Waals surface area (Å²) in [6.45, 7) is 2.20. The van der Waals surface area contributed by atoms with Crippen LogP contribution in [0.3, 0.4) is 0 Å². The van der Waals surface area contributed by atoms with Crippen molar-refractivity contribution in [3.8, 4) is 17.2 Å².